The predicted octanol–water partition coefficient (Wildman–Crippen LogP) is 1.87. The predicted molar refractivity (Wildman–Crippen MR) is 100 cm³/mol. The molecule has 0 unspecified atom stereocenters. The van der Waals surface area contributed by atoms with Crippen molar-refractivity contribution in [2.24, 2.45) is 0 Å². The monoisotopic (exact) mass is 349 g/mol. The Bertz CT molecular complexity index is 950. The number of pyridine rings is 1. The van der Waals surface area contributed by atoms with Crippen molar-refractivity contribution in [3.63, 3.8) is 0 Å². The number of rotatable bonds is 4. The Morgan fingerprint density at radius 2 is 1.88 bits per heavy atom. The molecule has 2 heterocycles. The fourth-order valence-corrected chi connectivity index (χ4v) is 3.75. The summed E-state index contributed by atoms with van der Waals surface area (Å²) in [7, 11) is 4.17. The molecule has 1 aliphatic rings. The highest BCUT2D eigenvalue weighted by molar-refractivity contribution is 5.94. The largest absolute Gasteiger partial charge is 0.350 e. The Morgan fingerprint density at radius 1 is 1.19 bits per heavy atom. The van der Waals surface area contributed by atoms with Crippen molar-refractivity contribution in [1.82, 2.24) is 24.8 Å². The third kappa shape index (κ3) is 2.86. The van der Waals surface area contributed by atoms with E-state index in [0.29, 0.717) is 17.9 Å². The summed E-state index contributed by atoms with van der Waals surface area (Å²) < 4.78 is 1.65. The Labute approximate surface area is 152 Å². The highest BCUT2D eigenvalue weighted by Crippen LogP contribution is 2.33. The Balaban J connectivity index is 1.52. The maximum atomic E-state index is 12.7. The van der Waals surface area contributed by atoms with Crippen LogP contribution in [0.2, 0.25) is 0 Å². The van der Waals surface area contributed by atoms with Gasteiger partial charge in [0.05, 0.1) is 5.56 Å². The maximum absolute atomic E-state index is 12.7. The quantitative estimate of drug-likeness (QED) is 0.781. The van der Waals surface area contributed by atoms with Gasteiger partial charge >= 0.3 is 0 Å². The molecule has 0 spiro atoms. The lowest BCUT2D eigenvalue weighted by Gasteiger charge is -2.36. The number of benzene rings is 1. The minimum Gasteiger partial charge on any atom is -0.350 e. The second kappa shape index (κ2) is 6.21. The number of carbonyl (C=O) groups excluding carboxylic acids is 1. The zero-order valence-corrected chi connectivity index (χ0v) is 15.4. The Kier molecular flexibility index (Phi) is 4.00. The van der Waals surface area contributed by atoms with E-state index in [1.165, 1.54) is 11.1 Å². The van der Waals surface area contributed by atoms with E-state index in [1.807, 2.05) is 13.0 Å². The molecule has 6 nitrogen and oxygen atoms in total. The van der Waals surface area contributed by atoms with Crippen LogP contribution in [-0.2, 0) is 12.8 Å². The van der Waals surface area contributed by atoms with Crippen LogP contribution in [-0.4, -0.2) is 51.6 Å². The van der Waals surface area contributed by atoms with Crippen LogP contribution in [0.5, 0.6) is 0 Å². The molecule has 26 heavy (non-hydrogen) atoms. The van der Waals surface area contributed by atoms with Crippen molar-refractivity contribution in [2.75, 3.05) is 20.6 Å². The van der Waals surface area contributed by atoms with Gasteiger partial charge in [0.2, 0.25) is 0 Å². The number of aromatic nitrogens is 3. The van der Waals surface area contributed by atoms with Crippen molar-refractivity contribution in [3.8, 4) is 0 Å². The first kappa shape index (κ1) is 16.7. The minimum atomic E-state index is -0.0900. The fraction of sp³-hybridized carbons (Fsp3) is 0.350. The third-order valence-corrected chi connectivity index (χ3v) is 5.38. The zero-order valence-electron chi connectivity index (χ0n) is 15.4. The lowest BCUT2D eigenvalue weighted by Crippen LogP contribution is -2.53. The number of nitrogens with zero attached hydrogens (tertiary/aromatic N) is 4. The normalized spacial score (nSPS) is 15.4. The van der Waals surface area contributed by atoms with E-state index in [2.05, 4.69) is 58.7 Å². The highest BCUT2D eigenvalue weighted by Gasteiger charge is 2.39. The first-order valence-electron chi connectivity index (χ1n) is 8.82. The summed E-state index contributed by atoms with van der Waals surface area (Å²) in [5.74, 6) is 0.607. The number of carbonyl (C=O) groups is 1. The van der Waals surface area contributed by atoms with Crippen LogP contribution in [0, 0.1) is 6.92 Å². The average Bonchev–Trinajstić information content (AvgIpc) is 3.18. The molecule has 0 atom stereocenters. The topological polar surface area (TPSA) is 62.5 Å². The molecule has 0 bridgehead atoms. The summed E-state index contributed by atoms with van der Waals surface area (Å²) in [5.41, 5.74) is 3.99. The molecule has 1 N–H and O–H groups in total. The molecular weight excluding hydrogens is 326 g/mol. The number of nitrogens with one attached hydrogen (secondary N) is 1. The molecule has 0 fully saturated rings. The highest BCUT2D eigenvalue weighted by atomic mass is 16.1. The Hall–Kier alpha value is -2.73. The molecule has 0 aliphatic heterocycles. The summed E-state index contributed by atoms with van der Waals surface area (Å²) >= 11 is 0. The molecular formula is C20H23N5O. The Morgan fingerprint density at radius 3 is 2.54 bits per heavy atom. The van der Waals surface area contributed by atoms with E-state index in [-0.39, 0.29) is 11.4 Å². The molecule has 0 saturated heterocycles. The number of amides is 1. The molecule has 4 rings (SSSR count). The molecule has 2 aromatic heterocycles. The SMILES string of the molecule is Cc1nc2ccc(C(=O)NCC3(N(C)C)Cc4ccccc4C3)cn2n1. The van der Waals surface area contributed by atoms with Gasteiger partial charge in [-0.15, -0.1) is 0 Å². The van der Waals surface area contributed by atoms with Crippen molar-refractivity contribution < 1.29 is 4.79 Å². The van der Waals surface area contributed by atoms with Gasteiger partial charge in [-0.1, -0.05) is 24.3 Å². The van der Waals surface area contributed by atoms with Crippen molar-refractivity contribution in [2.45, 2.75) is 25.3 Å². The van der Waals surface area contributed by atoms with E-state index >= 15 is 0 Å². The van der Waals surface area contributed by atoms with Gasteiger partial charge in [0.1, 0.15) is 5.82 Å². The van der Waals surface area contributed by atoms with Gasteiger partial charge in [-0.05, 0) is 57.1 Å². The molecule has 3 aromatic rings. The summed E-state index contributed by atoms with van der Waals surface area (Å²) in [5, 5.41) is 7.41. The van der Waals surface area contributed by atoms with Crippen LogP contribution in [0.4, 0.5) is 0 Å². The van der Waals surface area contributed by atoms with Crippen LogP contribution >= 0.6 is 0 Å². The van der Waals surface area contributed by atoms with E-state index in [0.717, 1.165) is 18.5 Å². The van der Waals surface area contributed by atoms with E-state index in [9.17, 15) is 4.79 Å². The maximum Gasteiger partial charge on any atom is 0.252 e. The number of likely N-dealkylation sites (N-methyl/N-ethyl adjacent to an activating group) is 1. The molecule has 0 saturated carbocycles. The van der Waals surface area contributed by atoms with Crippen molar-refractivity contribution in [1.29, 1.82) is 0 Å². The molecule has 1 aliphatic carbocycles. The average molecular weight is 349 g/mol. The van der Waals surface area contributed by atoms with Gasteiger partial charge in [-0.3, -0.25) is 4.79 Å². The van der Waals surface area contributed by atoms with E-state index < -0.39 is 0 Å². The fourth-order valence-electron chi connectivity index (χ4n) is 3.75. The van der Waals surface area contributed by atoms with Gasteiger partial charge in [0.25, 0.3) is 5.91 Å². The standard InChI is InChI=1S/C20H23N5O/c1-14-22-18-9-8-17(12-25(18)23-14)19(26)21-13-20(24(2)3)10-15-6-4-5-7-16(15)11-20/h4-9,12H,10-11,13H2,1-3H3,(H,21,26). The van der Waals surface area contributed by atoms with Crippen molar-refractivity contribution in [3.05, 3.63) is 65.1 Å². The summed E-state index contributed by atoms with van der Waals surface area (Å²) in [6.07, 6.45) is 3.62. The van der Waals surface area contributed by atoms with Crippen LogP contribution < -0.4 is 5.32 Å². The lowest BCUT2D eigenvalue weighted by molar-refractivity contribution is 0.0902. The van der Waals surface area contributed by atoms with Gasteiger partial charge in [-0.2, -0.15) is 5.10 Å². The number of fused-ring (bicyclic) bond motifs is 2. The van der Waals surface area contributed by atoms with E-state index in [4.69, 9.17) is 0 Å². The minimum absolute atomic E-state index is 0.0859. The summed E-state index contributed by atoms with van der Waals surface area (Å²) in [6.45, 7) is 2.44. The van der Waals surface area contributed by atoms with Crippen molar-refractivity contribution >= 4 is 11.6 Å². The third-order valence-electron chi connectivity index (χ3n) is 5.38. The molecule has 1 aromatic carbocycles. The number of aryl methyl sites for hydroxylation is 1. The first-order valence-corrected chi connectivity index (χ1v) is 8.82. The van der Waals surface area contributed by atoms with Crippen LogP contribution in [0.25, 0.3) is 5.65 Å². The van der Waals surface area contributed by atoms with Gasteiger partial charge in [0, 0.05) is 18.3 Å². The number of hydrogen-bond donors (Lipinski definition) is 1. The van der Waals surface area contributed by atoms with Gasteiger partial charge in [0.15, 0.2) is 5.65 Å². The second-order valence-corrected chi connectivity index (χ2v) is 7.30. The van der Waals surface area contributed by atoms with Crippen LogP contribution in [0.15, 0.2) is 42.6 Å². The van der Waals surface area contributed by atoms with Gasteiger partial charge in [-0.25, -0.2) is 9.50 Å². The molecule has 6 heteroatoms. The molecule has 134 valence electrons. The van der Waals surface area contributed by atoms with E-state index in [1.54, 1.807) is 16.8 Å². The second-order valence-electron chi connectivity index (χ2n) is 7.30. The lowest BCUT2D eigenvalue weighted by atomic mass is 9.94. The summed E-state index contributed by atoms with van der Waals surface area (Å²) in [6, 6.07) is 12.1. The van der Waals surface area contributed by atoms with Crippen LogP contribution in [0.1, 0.15) is 27.3 Å². The van der Waals surface area contributed by atoms with Crippen LogP contribution in [0.3, 0.4) is 0 Å². The molecule has 1 amide bonds. The summed E-state index contributed by atoms with van der Waals surface area (Å²) in [4.78, 5) is 19.2. The van der Waals surface area contributed by atoms with Gasteiger partial charge < -0.3 is 10.2 Å². The smallest absolute Gasteiger partial charge is 0.252 e. The first-order chi connectivity index (χ1) is 12.5. The zero-order chi connectivity index (χ0) is 18.3. The molecule has 0 radical (unpaired) electrons. The number of hydrogen-bond acceptors (Lipinski definition) is 4.